The van der Waals surface area contributed by atoms with E-state index in [2.05, 4.69) is 43.6 Å². The van der Waals surface area contributed by atoms with Crippen molar-refractivity contribution in [3.8, 4) is 0 Å². The summed E-state index contributed by atoms with van der Waals surface area (Å²) in [6.45, 7) is 14.7. The van der Waals surface area contributed by atoms with Crippen LogP contribution in [0.1, 0.15) is 137 Å². The van der Waals surface area contributed by atoms with E-state index in [0.717, 1.165) is 84.0 Å². The molecule has 0 radical (unpaired) electrons. The maximum Gasteiger partial charge on any atom is 0.225 e. The highest BCUT2D eigenvalue weighted by Crippen LogP contribution is 2.13. The van der Waals surface area contributed by atoms with Gasteiger partial charge in [0.25, 0.3) is 0 Å². The fraction of sp³-hybridized carbons (Fsp3) is 0.857. The number of rotatable bonds is 13. The van der Waals surface area contributed by atoms with Crippen LogP contribution in [0.4, 0.5) is 0 Å². The average molecular weight is 591 g/mol. The van der Waals surface area contributed by atoms with Crippen LogP contribution >= 0.6 is 0 Å². The molecule has 3 amide bonds. The van der Waals surface area contributed by atoms with Crippen LogP contribution in [0.5, 0.6) is 0 Å². The second kappa shape index (κ2) is 24.5. The minimum absolute atomic E-state index is 0.0158. The van der Waals surface area contributed by atoms with Gasteiger partial charge in [0.1, 0.15) is 0 Å². The molecule has 0 saturated carbocycles. The van der Waals surface area contributed by atoms with Crippen molar-refractivity contribution < 1.29 is 14.4 Å². The first-order chi connectivity index (χ1) is 20.3. The number of unbranched alkanes of at least 4 members (excludes halogenated alkanes) is 6. The molecule has 7 heteroatoms. The first kappa shape index (κ1) is 38.1. The van der Waals surface area contributed by atoms with Gasteiger partial charge >= 0.3 is 0 Å². The van der Waals surface area contributed by atoms with Crippen molar-refractivity contribution in [3.63, 3.8) is 0 Å². The molecule has 0 spiro atoms. The molecule has 42 heavy (non-hydrogen) atoms. The first-order valence-corrected chi connectivity index (χ1v) is 17.6. The van der Waals surface area contributed by atoms with Gasteiger partial charge in [0.05, 0.1) is 0 Å². The second-order valence-corrected chi connectivity index (χ2v) is 12.5. The van der Waals surface area contributed by atoms with Gasteiger partial charge in [0.2, 0.25) is 17.7 Å². The van der Waals surface area contributed by atoms with Crippen molar-refractivity contribution in [2.45, 2.75) is 143 Å². The summed E-state index contributed by atoms with van der Waals surface area (Å²) in [7, 11) is 0. The largest absolute Gasteiger partial charge is 0.356 e. The van der Waals surface area contributed by atoms with E-state index < -0.39 is 0 Å². The Morgan fingerprint density at radius 3 is 1.90 bits per heavy atom. The van der Waals surface area contributed by atoms with E-state index in [0.29, 0.717) is 19.5 Å². The van der Waals surface area contributed by atoms with Gasteiger partial charge in [-0.1, -0.05) is 78.9 Å². The molecule has 244 valence electrons. The summed E-state index contributed by atoms with van der Waals surface area (Å²) in [6, 6.07) is 0.0758. The Morgan fingerprint density at radius 2 is 1.31 bits per heavy atom. The average Bonchev–Trinajstić information content (AvgIpc) is 2.99. The van der Waals surface area contributed by atoms with Crippen LogP contribution in [0.3, 0.4) is 0 Å². The van der Waals surface area contributed by atoms with Crippen LogP contribution in [0.25, 0.3) is 0 Å². The lowest BCUT2D eigenvalue weighted by atomic mass is 10.1. The number of hydrogen-bond donors (Lipinski definition) is 2. The zero-order valence-corrected chi connectivity index (χ0v) is 28.1. The highest BCUT2D eigenvalue weighted by Gasteiger charge is 2.21. The Morgan fingerprint density at radius 1 is 0.762 bits per heavy atom. The van der Waals surface area contributed by atoms with Gasteiger partial charge in [0.15, 0.2) is 0 Å². The lowest BCUT2D eigenvalue weighted by molar-refractivity contribution is -0.135. The molecule has 1 saturated heterocycles. The number of nitrogens with one attached hydrogen (secondary N) is 2. The van der Waals surface area contributed by atoms with E-state index in [1.807, 2.05) is 23.6 Å². The van der Waals surface area contributed by atoms with Crippen LogP contribution in [0, 0.1) is 11.8 Å². The summed E-state index contributed by atoms with van der Waals surface area (Å²) in [5, 5.41) is 6.72. The van der Waals surface area contributed by atoms with Crippen molar-refractivity contribution in [2.24, 2.45) is 11.8 Å². The summed E-state index contributed by atoms with van der Waals surface area (Å²) in [4.78, 5) is 43.0. The van der Waals surface area contributed by atoms with Gasteiger partial charge in [-0.05, 0) is 70.8 Å². The standard InChI is InChI=1S/C35H66N4O3/c1-6-9-10-11-12-13-14-15-17-22-32-29-33(40)37-24-21-28-39(35(42)31(5)8-3)26-19-16-18-25-38(27-20-23-36-32)34(41)30(4)7-2/h15,17,30-32,36H,6-14,16,18-29H2,1-5H3,(H,37,40)/b17-15-/t30-,31-,32-/m0/s1. The predicted molar refractivity (Wildman–Crippen MR) is 176 cm³/mol. The molecule has 2 N–H and O–H groups in total. The Balaban J connectivity index is 2.81. The van der Waals surface area contributed by atoms with Crippen LogP contribution < -0.4 is 10.6 Å². The van der Waals surface area contributed by atoms with Crippen molar-refractivity contribution in [1.29, 1.82) is 0 Å². The van der Waals surface area contributed by atoms with Gasteiger partial charge in [-0.3, -0.25) is 14.4 Å². The molecule has 0 unspecified atom stereocenters. The Bertz CT molecular complexity index is 757. The van der Waals surface area contributed by atoms with Crippen molar-refractivity contribution in [3.05, 3.63) is 12.2 Å². The molecule has 1 rings (SSSR count). The number of carbonyl (C=O) groups excluding carboxylic acids is 3. The van der Waals surface area contributed by atoms with E-state index in [1.165, 1.54) is 38.5 Å². The minimum Gasteiger partial charge on any atom is -0.356 e. The van der Waals surface area contributed by atoms with Gasteiger partial charge in [0, 0.05) is 57.0 Å². The lowest BCUT2D eigenvalue weighted by Crippen LogP contribution is -2.41. The SMILES string of the molecule is CCCCCCCC/C=C\C[C@H]1CC(=O)NCCCN(C(=O)[C@@H](C)CC)CCCCCN(C(=O)[C@@H](C)CC)CCCN1. The number of hydrogen-bond acceptors (Lipinski definition) is 4. The Hall–Kier alpha value is -1.89. The van der Waals surface area contributed by atoms with E-state index in [4.69, 9.17) is 0 Å². The zero-order valence-electron chi connectivity index (χ0n) is 28.1. The van der Waals surface area contributed by atoms with Crippen LogP contribution in [-0.2, 0) is 14.4 Å². The Labute approximate surface area is 259 Å². The predicted octanol–water partition coefficient (Wildman–Crippen LogP) is 6.86. The van der Waals surface area contributed by atoms with Crippen LogP contribution in [0.2, 0.25) is 0 Å². The summed E-state index contributed by atoms with van der Waals surface area (Å²) < 4.78 is 0. The summed E-state index contributed by atoms with van der Waals surface area (Å²) >= 11 is 0. The number of allylic oxidation sites excluding steroid dienone is 1. The summed E-state index contributed by atoms with van der Waals surface area (Å²) in [6.07, 6.45) is 20.9. The molecule has 0 aromatic rings. The van der Waals surface area contributed by atoms with E-state index in [9.17, 15) is 14.4 Å². The molecule has 0 aromatic heterocycles. The van der Waals surface area contributed by atoms with Gasteiger partial charge in [-0.2, -0.15) is 0 Å². The van der Waals surface area contributed by atoms with E-state index in [1.54, 1.807) is 0 Å². The monoisotopic (exact) mass is 591 g/mol. The maximum absolute atomic E-state index is 13.1. The molecule has 0 aromatic carbocycles. The number of amides is 3. The van der Waals surface area contributed by atoms with Gasteiger partial charge in [-0.15, -0.1) is 0 Å². The van der Waals surface area contributed by atoms with Crippen LogP contribution in [-0.4, -0.2) is 72.8 Å². The molecule has 1 fully saturated rings. The zero-order chi connectivity index (χ0) is 31.0. The fourth-order valence-electron chi connectivity index (χ4n) is 5.45. The van der Waals surface area contributed by atoms with Crippen molar-refractivity contribution >= 4 is 17.7 Å². The molecule has 1 aliphatic rings. The molecule has 1 aliphatic heterocycles. The third-order valence-corrected chi connectivity index (χ3v) is 8.76. The fourth-order valence-corrected chi connectivity index (χ4v) is 5.45. The smallest absolute Gasteiger partial charge is 0.225 e. The summed E-state index contributed by atoms with van der Waals surface area (Å²) in [5.74, 6) is 0.568. The Kier molecular flexibility index (Phi) is 22.3. The molecule has 0 bridgehead atoms. The van der Waals surface area contributed by atoms with Crippen molar-refractivity contribution in [2.75, 3.05) is 39.3 Å². The number of carbonyl (C=O) groups is 3. The summed E-state index contributed by atoms with van der Waals surface area (Å²) in [5.41, 5.74) is 0. The molecule has 1 heterocycles. The molecular weight excluding hydrogens is 524 g/mol. The molecule has 7 nitrogen and oxygen atoms in total. The normalized spacial score (nSPS) is 20.5. The molecule has 0 aliphatic carbocycles. The van der Waals surface area contributed by atoms with E-state index in [-0.39, 0.29) is 35.6 Å². The number of nitrogens with zero attached hydrogens (tertiary/aromatic N) is 2. The third kappa shape index (κ3) is 17.3. The minimum atomic E-state index is 0.0158. The topological polar surface area (TPSA) is 81.8 Å². The highest BCUT2D eigenvalue weighted by atomic mass is 16.2. The lowest BCUT2D eigenvalue weighted by Gasteiger charge is -2.28. The third-order valence-electron chi connectivity index (χ3n) is 8.76. The highest BCUT2D eigenvalue weighted by molar-refractivity contribution is 5.79. The second-order valence-electron chi connectivity index (χ2n) is 12.5. The van der Waals surface area contributed by atoms with Crippen molar-refractivity contribution in [1.82, 2.24) is 20.4 Å². The quantitative estimate of drug-likeness (QED) is 0.181. The molecule has 3 atom stereocenters. The van der Waals surface area contributed by atoms with Crippen LogP contribution in [0.15, 0.2) is 12.2 Å². The van der Waals surface area contributed by atoms with Gasteiger partial charge in [-0.25, -0.2) is 0 Å². The van der Waals surface area contributed by atoms with Gasteiger partial charge < -0.3 is 20.4 Å². The maximum atomic E-state index is 13.1. The molecular formula is C35H66N4O3. The van der Waals surface area contributed by atoms with E-state index >= 15 is 0 Å². The first-order valence-electron chi connectivity index (χ1n) is 17.6.